The Morgan fingerprint density at radius 2 is 1.68 bits per heavy atom. The first-order chi connectivity index (χ1) is 12.2. The molecular weight excluding hydrogens is 310 g/mol. The third-order valence-electron chi connectivity index (χ3n) is 4.19. The van der Waals surface area contributed by atoms with E-state index in [1.54, 1.807) is 6.92 Å². The molecule has 1 amide bonds. The van der Waals surface area contributed by atoms with Crippen molar-refractivity contribution in [1.29, 1.82) is 0 Å². The molecule has 0 spiro atoms. The van der Waals surface area contributed by atoms with Crippen molar-refractivity contribution in [2.45, 2.75) is 25.9 Å². The zero-order valence-electron chi connectivity index (χ0n) is 14.4. The minimum absolute atomic E-state index is 0.0822. The summed E-state index contributed by atoms with van der Waals surface area (Å²) < 4.78 is 5.79. The Balaban J connectivity index is 1.46. The van der Waals surface area contributed by atoms with Crippen LogP contribution in [0, 0.1) is 0 Å². The summed E-state index contributed by atoms with van der Waals surface area (Å²) in [4.78, 5) is 12.2. The first kappa shape index (κ1) is 17.0. The topological polar surface area (TPSA) is 38.3 Å². The van der Waals surface area contributed by atoms with Gasteiger partial charge in [0.1, 0.15) is 5.75 Å². The Morgan fingerprint density at radius 1 is 0.960 bits per heavy atom. The highest BCUT2D eigenvalue weighted by atomic mass is 16.5. The third-order valence-corrected chi connectivity index (χ3v) is 4.19. The highest BCUT2D eigenvalue weighted by Gasteiger charge is 2.14. The van der Waals surface area contributed by atoms with Crippen LogP contribution in [0.15, 0.2) is 72.8 Å². The molecule has 1 N–H and O–H groups in total. The van der Waals surface area contributed by atoms with Gasteiger partial charge in [0.25, 0.3) is 5.91 Å². The highest BCUT2D eigenvalue weighted by molar-refractivity contribution is 5.84. The lowest BCUT2D eigenvalue weighted by Crippen LogP contribution is -2.36. The lowest BCUT2D eigenvalue weighted by Gasteiger charge is -2.15. The van der Waals surface area contributed by atoms with Crippen LogP contribution in [0.1, 0.15) is 18.9 Å². The van der Waals surface area contributed by atoms with Gasteiger partial charge >= 0.3 is 0 Å². The van der Waals surface area contributed by atoms with E-state index in [1.165, 1.54) is 5.56 Å². The minimum Gasteiger partial charge on any atom is -0.481 e. The van der Waals surface area contributed by atoms with E-state index in [-0.39, 0.29) is 5.91 Å². The monoisotopic (exact) mass is 333 g/mol. The van der Waals surface area contributed by atoms with Crippen LogP contribution in [0.2, 0.25) is 0 Å². The first-order valence-electron chi connectivity index (χ1n) is 8.69. The molecule has 128 valence electrons. The van der Waals surface area contributed by atoms with E-state index in [4.69, 9.17) is 4.74 Å². The smallest absolute Gasteiger partial charge is 0.260 e. The summed E-state index contributed by atoms with van der Waals surface area (Å²) in [6.45, 7) is 2.43. The molecule has 0 aromatic heterocycles. The van der Waals surface area contributed by atoms with Crippen LogP contribution in [-0.4, -0.2) is 18.6 Å². The van der Waals surface area contributed by atoms with E-state index in [2.05, 4.69) is 23.5 Å². The molecule has 0 saturated heterocycles. The maximum absolute atomic E-state index is 12.2. The molecule has 0 unspecified atom stereocenters. The van der Waals surface area contributed by atoms with Crippen LogP contribution < -0.4 is 10.1 Å². The number of amides is 1. The molecule has 0 aliphatic heterocycles. The van der Waals surface area contributed by atoms with Gasteiger partial charge in [-0.3, -0.25) is 4.79 Å². The summed E-state index contributed by atoms with van der Waals surface area (Å²) >= 11 is 0. The fourth-order valence-electron chi connectivity index (χ4n) is 2.79. The Bertz CT molecular complexity index is 830. The Hall–Kier alpha value is -2.81. The van der Waals surface area contributed by atoms with Gasteiger partial charge in [-0.05, 0) is 48.2 Å². The maximum atomic E-state index is 12.2. The summed E-state index contributed by atoms with van der Waals surface area (Å²) in [5, 5.41) is 5.21. The van der Waals surface area contributed by atoms with Crippen LogP contribution >= 0.6 is 0 Å². The number of ether oxygens (including phenoxy) is 1. The molecule has 3 rings (SSSR count). The van der Waals surface area contributed by atoms with Crippen LogP contribution in [0.3, 0.4) is 0 Å². The molecule has 0 aliphatic carbocycles. The van der Waals surface area contributed by atoms with E-state index < -0.39 is 6.10 Å². The van der Waals surface area contributed by atoms with Gasteiger partial charge in [0.2, 0.25) is 0 Å². The fraction of sp³-hybridized carbons (Fsp3) is 0.227. The third kappa shape index (κ3) is 4.83. The zero-order valence-corrected chi connectivity index (χ0v) is 14.4. The van der Waals surface area contributed by atoms with Gasteiger partial charge < -0.3 is 10.1 Å². The molecule has 0 saturated carbocycles. The van der Waals surface area contributed by atoms with Crippen molar-refractivity contribution in [3.05, 3.63) is 78.4 Å². The van der Waals surface area contributed by atoms with Gasteiger partial charge in [0.15, 0.2) is 6.10 Å². The Labute approximate surface area is 148 Å². The molecule has 0 fully saturated rings. The van der Waals surface area contributed by atoms with Gasteiger partial charge in [-0.1, -0.05) is 60.7 Å². The molecule has 3 aromatic carbocycles. The second-order valence-electron chi connectivity index (χ2n) is 6.15. The second kappa shape index (κ2) is 8.34. The van der Waals surface area contributed by atoms with Crippen molar-refractivity contribution in [2.75, 3.05) is 6.54 Å². The van der Waals surface area contributed by atoms with E-state index >= 15 is 0 Å². The molecule has 0 heterocycles. The van der Waals surface area contributed by atoms with Crippen molar-refractivity contribution in [1.82, 2.24) is 5.32 Å². The number of hydrogen-bond donors (Lipinski definition) is 1. The summed E-state index contributed by atoms with van der Waals surface area (Å²) in [7, 11) is 0. The van der Waals surface area contributed by atoms with Gasteiger partial charge in [-0.2, -0.15) is 0 Å². The van der Waals surface area contributed by atoms with Crippen molar-refractivity contribution in [2.24, 2.45) is 0 Å². The lowest BCUT2D eigenvalue weighted by atomic mass is 10.1. The van der Waals surface area contributed by atoms with Crippen molar-refractivity contribution in [3.8, 4) is 5.75 Å². The SMILES string of the molecule is C[C@H](Oc1ccc2ccccc2c1)C(=O)NCCCc1ccccc1. The standard InChI is InChI=1S/C22H23NO2/c1-17(22(24)23-15-7-10-18-8-3-2-4-9-18)25-21-14-13-19-11-5-6-12-20(19)16-21/h2-6,8-9,11-14,16-17H,7,10,15H2,1H3,(H,23,24)/t17-/m0/s1. The van der Waals surface area contributed by atoms with Crippen LogP contribution in [-0.2, 0) is 11.2 Å². The van der Waals surface area contributed by atoms with Crippen LogP contribution in [0.25, 0.3) is 10.8 Å². The number of carbonyl (C=O) groups excluding carboxylic acids is 1. The molecule has 0 radical (unpaired) electrons. The average molecular weight is 333 g/mol. The molecule has 3 nitrogen and oxygen atoms in total. The number of carbonyl (C=O) groups is 1. The van der Waals surface area contributed by atoms with Crippen LogP contribution in [0.4, 0.5) is 0 Å². The maximum Gasteiger partial charge on any atom is 0.260 e. The summed E-state index contributed by atoms with van der Waals surface area (Å²) in [6.07, 6.45) is 1.36. The molecule has 1 atom stereocenters. The summed E-state index contributed by atoms with van der Waals surface area (Å²) in [5.74, 6) is 0.631. The lowest BCUT2D eigenvalue weighted by molar-refractivity contribution is -0.127. The minimum atomic E-state index is -0.516. The Kier molecular flexibility index (Phi) is 5.68. The van der Waals surface area contributed by atoms with Gasteiger partial charge in [-0.25, -0.2) is 0 Å². The normalized spacial score (nSPS) is 11.9. The number of benzene rings is 3. The van der Waals surface area contributed by atoms with Crippen LogP contribution in [0.5, 0.6) is 5.75 Å². The van der Waals surface area contributed by atoms with E-state index in [9.17, 15) is 4.79 Å². The molecule has 0 bridgehead atoms. The number of rotatable bonds is 7. The summed E-state index contributed by atoms with van der Waals surface area (Å²) in [5.41, 5.74) is 1.29. The number of fused-ring (bicyclic) bond motifs is 1. The molecule has 3 aromatic rings. The number of aryl methyl sites for hydroxylation is 1. The average Bonchev–Trinajstić information content (AvgIpc) is 2.65. The predicted octanol–water partition coefficient (Wildman–Crippen LogP) is 4.36. The van der Waals surface area contributed by atoms with E-state index in [1.807, 2.05) is 54.6 Å². The zero-order chi connectivity index (χ0) is 17.5. The van der Waals surface area contributed by atoms with Gasteiger partial charge in [0, 0.05) is 6.54 Å². The second-order valence-corrected chi connectivity index (χ2v) is 6.15. The summed E-state index contributed by atoms with van der Waals surface area (Å²) in [6, 6.07) is 24.3. The first-order valence-corrected chi connectivity index (χ1v) is 8.69. The van der Waals surface area contributed by atoms with Gasteiger partial charge in [-0.15, -0.1) is 0 Å². The van der Waals surface area contributed by atoms with Gasteiger partial charge in [0.05, 0.1) is 0 Å². The number of hydrogen-bond acceptors (Lipinski definition) is 2. The van der Waals surface area contributed by atoms with E-state index in [0.29, 0.717) is 12.3 Å². The van der Waals surface area contributed by atoms with Crippen molar-refractivity contribution >= 4 is 16.7 Å². The Morgan fingerprint density at radius 3 is 2.48 bits per heavy atom. The fourth-order valence-corrected chi connectivity index (χ4v) is 2.79. The number of nitrogens with one attached hydrogen (secondary N) is 1. The van der Waals surface area contributed by atoms with Crippen molar-refractivity contribution in [3.63, 3.8) is 0 Å². The largest absolute Gasteiger partial charge is 0.481 e. The predicted molar refractivity (Wildman–Crippen MR) is 102 cm³/mol. The molecule has 3 heteroatoms. The quantitative estimate of drug-likeness (QED) is 0.653. The molecule has 25 heavy (non-hydrogen) atoms. The van der Waals surface area contributed by atoms with Crippen molar-refractivity contribution < 1.29 is 9.53 Å². The molecular formula is C22H23NO2. The molecule has 0 aliphatic rings. The highest BCUT2D eigenvalue weighted by Crippen LogP contribution is 2.21. The van der Waals surface area contributed by atoms with E-state index in [0.717, 1.165) is 23.6 Å².